The Labute approximate surface area is 258 Å². The Morgan fingerprint density at radius 2 is 1.64 bits per heavy atom. The second-order valence-corrected chi connectivity index (χ2v) is 10.8. The number of aromatic hydroxyl groups is 1. The second-order valence-electron chi connectivity index (χ2n) is 10.8. The van der Waals surface area contributed by atoms with Gasteiger partial charge in [-0.3, -0.25) is 4.79 Å². The summed E-state index contributed by atoms with van der Waals surface area (Å²) in [5.41, 5.74) is 1.98. The maximum absolute atomic E-state index is 13.3. The van der Waals surface area contributed by atoms with Gasteiger partial charge in [-0.15, -0.1) is 0 Å². The summed E-state index contributed by atoms with van der Waals surface area (Å²) >= 11 is 0. The quantitative estimate of drug-likeness (QED) is 0.242. The van der Waals surface area contributed by atoms with Crippen LogP contribution in [0.15, 0.2) is 65.9 Å². The van der Waals surface area contributed by atoms with Gasteiger partial charge in [0.2, 0.25) is 6.29 Å². The summed E-state index contributed by atoms with van der Waals surface area (Å²) in [6.45, 7) is 1.01. The molecule has 4 aliphatic rings. The van der Waals surface area contributed by atoms with Crippen LogP contribution < -0.4 is 4.74 Å². The number of hydrogen-bond donors (Lipinski definition) is 5. The summed E-state index contributed by atoms with van der Waals surface area (Å²) in [5, 5.41) is 50.6. The number of hydrogen-bond acceptors (Lipinski definition) is 13. The van der Waals surface area contributed by atoms with E-state index in [1.165, 1.54) is 6.07 Å². The van der Waals surface area contributed by atoms with Crippen LogP contribution in [0, 0.1) is 5.92 Å². The van der Waals surface area contributed by atoms with Crippen LogP contribution in [0.2, 0.25) is 0 Å². The van der Waals surface area contributed by atoms with Crippen LogP contribution in [0.4, 0.5) is 0 Å². The molecule has 1 fully saturated rings. The van der Waals surface area contributed by atoms with Gasteiger partial charge < -0.3 is 54.0 Å². The molecular weight excluding hydrogens is 592 g/mol. The maximum Gasteiger partial charge on any atom is 0.337 e. The van der Waals surface area contributed by atoms with Crippen LogP contribution in [-0.4, -0.2) is 94.3 Å². The van der Waals surface area contributed by atoms with E-state index in [2.05, 4.69) is 0 Å². The van der Waals surface area contributed by atoms with Gasteiger partial charge in [0.05, 0.1) is 38.1 Å². The van der Waals surface area contributed by atoms with Crippen molar-refractivity contribution >= 4 is 11.9 Å². The predicted octanol–water partition coefficient (Wildman–Crippen LogP) is 1.38. The Hall–Kier alpha value is -3.98. The van der Waals surface area contributed by atoms with E-state index < -0.39 is 61.5 Å². The highest BCUT2D eigenvalue weighted by Gasteiger charge is 2.47. The highest BCUT2D eigenvalue weighted by atomic mass is 16.8. The third kappa shape index (κ3) is 7.47. The number of benzene rings is 2. The molecule has 2 aromatic rings. The van der Waals surface area contributed by atoms with Gasteiger partial charge in [-0.05, 0) is 42.3 Å². The number of fused-ring (bicyclic) bond motifs is 9. The fourth-order valence-electron chi connectivity index (χ4n) is 5.31. The van der Waals surface area contributed by atoms with Gasteiger partial charge in [-0.2, -0.15) is 0 Å². The van der Waals surface area contributed by atoms with Crippen LogP contribution in [0.5, 0.6) is 17.2 Å². The zero-order chi connectivity index (χ0) is 32.1. The monoisotopic (exact) mass is 628 g/mol. The number of rotatable bonds is 3. The molecule has 13 heteroatoms. The Morgan fingerprint density at radius 1 is 0.933 bits per heavy atom. The largest absolute Gasteiger partial charge is 0.504 e. The zero-order valence-corrected chi connectivity index (χ0v) is 24.5. The van der Waals surface area contributed by atoms with Crippen molar-refractivity contribution in [3.63, 3.8) is 0 Å². The average molecular weight is 629 g/mol. The summed E-state index contributed by atoms with van der Waals surface area (Å²) in [6.07, 6.45) is -5.85. The number of aliphatic hydroxyl groups excluding tert-OH is 4. The van der Waals surface area contributed by atoms with Crippen molar-refractivity contribution in [2.45, 2.75) is 63.2 Å². The molecule has 4 heterocycles. The molecule has 0 radical (unpaired) electrons. The minimum atomic E-state index is -1.70. The Kier molecular flexibility index (Phi) is 10.4. The molecule has 4 aliphatic heterocycles. The zero-order valence-electron chi connectivity index (χ0n) is 24.5. The number of allylic oxidation sites excluding steroid dienone is 1. The highest BCUT2D eigenvalue weighted by Crippen LogP contribution is 2.37. The molecule has 0 amide bonds. The van der Waals surface area contributed by atoms with E-state index in [1.54, 1.807) is 37.3 Å². The van der Waals surface area contributed by atoms with Gasteiger partial charge in [0, 0.05) is 24.3 Å². The normalized spacial score (nSPS) is 30.4. The molecule has 45 heavy (non-hydrogen) atoms. The number of phenolic OH excluding ortho intramolecular Hbond substituents is 1. The molecule has 242 valence electrons. The molecule has 5 N–H and O–H groups in total. The molecular formula is C32H36O13. The van der Waals surface area contributed by atoms with Crippen LogP contribution in [0.25, 0.3) is 0 Å². The minimum Gasteiger partial charge on any atom is -0.504 e. The molecule has 0 aliphatic carbocycles. The number of phenols is 1. The number of esters is 2. The van der Waals surface area contributed by atoms with Crippen LogP contribution in [-0.2, 0) is 46.1 Å². The lowest BCUT2D eigenvalue weighted by Gasteiger charge is -2.42. The standard InChI is InChI=1S/C32H36O13/c1-2-20-21-14-26(35)40-11-10-18-5-8-23(34)24(13-18)43-19-6-3-17(4-7-19)9-12-41-30(39)22(21)16-42-31(20)45-32-29(38)28(37)27(36)25(15-33)44-32/h2-8,13,16,21,25,27-29,31-34,36-38H,9-12,14-15H2,1H3/t21-,25-,27-,28-,29-,31+,32+/m0/s1. The lowest BCUT2D eigenvalue weighted by atomic mass is 9.86. The molecule has 0 saturated carbocycles. The fourth-order valence-corrected chi connectivity index (χ4v) is 5.31. The smallest absolute Gasteiger partial charge is 0.337 e. The first-order chi connectivity index (χ1) is 21.7. The first-order valence-corrected chi connectivity index (χ1v) is 14.6. The van der Waals surface area contributed by atoms with Crippen molar-refractivity contribution in [2.75, 3.05) is 19.8 Å². The van der Waals surface area contributed by atoms with Crippen LogP contribution >= 0.6 is 0 Å². The molecule has 2 aromatic carbocycles. The summed E-state index contributed by atoms with van der Waals surface area (Å²) in [7, 11) is 0. The third-order valence-corrected chi connectivity index (χ3v) is 7.87. The van der Waals surface area contributed by atoms with E-state index in [-0.39, 0.29) is 36.7 Å². The van der Waals surface area contributed by atoms with Gasteiger partial charge in [0.1, 0.15) is 30.2 Å². The Balaban J connectivity index is 1.38. The second kappa shape index (κ2) is 14.4. The van der Waals surface area contributed by atoms with E-state index in [4.69, 9.17) is 28.4 Å². The lowest BCUT2D eigenvalue weighted by molar-refractivity contribution is -0.327. The van der Waals surface area contributed by atoms with Crippen molar-refractivity contribution in [2.24, 2.45) is 5.92 Å². The first kappa shape index (κ1) is 32.4. The summed E-state index contributed by atoms with van der Waals surface area (Å²) in [4.78, 5) is 26.3. The molecule has 4 bridgehead atoms. The maximum atomic E-state index is 13.3. The van der Waals surface area contributed by atoms with Crippen molar-refractivity contribution in [1.82, 2.24) is 0 Å². The van der Waals surface area contributed by atoms with Gasteiger partial charge in [0.15, 0.2) is 17.8 Å². The molecule has 13 nitrogen and oxygen atoms in total. The predicted molar refractivity (Wildman–Crippen MR) is 154 cm³/mol. The topological polar surface area (TPSA) is 191 Å². The van der Waals surface area contributed by atoms with Crippen LogP contribution in [0.1, 0.15) is 24.5 Å². The third-order valence-electron chi connectivity index (χ3n) is 7.87. The van der Waals surface area contributed by atoms with Gasteiger partial charge in [-0.25, -0.2) is 4.79 Å². The molecule has 6 rings (SSSR count). The number of aliphatic hydroxyl groups is 4. The van der Waals surface area contributed by atoms with Gasteiger partial charge in [-0.1, -0.05) is 24.3 Å². The lowest BCUT2D eigenvalue weighted by Crippen LogP contribution is -2.60. The summed E-state index contributed by atoms with van der Waals surface area (Å²) in [5.74, 6) is -1.55. The SMILES string of the molecule is CC=C1[C@@H](O[C@H]2O[C@@H](CO)[C@H](O)[C@H](O)[C@@H]2O)OC=C2C(=O)OCCc3ccc(cc3)Oc3cc(ccc3O)CCOC(=O)C[C@H]21. The molecule has 1 saturated heterocycles. The minimum absolute atomic E-state index is 0.000427. The van der Waals surface area contributed by atoms with E-state index in [9.17, 15) is 35.1 Å². The highest BCUT2D eigenvalue weighted by molar-refractivity contribution is 5.91. The van der Waals surface area contributed by atoms with E-state index in [1.807, 2.05) is 12.1 Å². The van der Waals surface area contributed by atoms with Crippen molar-refractivity contribution in [1.29, 1.82) is 0 Å². The van der Waals surface area contributed by atoms with E-state index >= 15 is 0 Å². The number of ether oxygens (including phenoxy) is 6. The van der Waals surface area contributed by atoms with Crippen molar-refractivity contribution in [3.8, 4) is 17.2 Å². The average Bonchev–Trinajstić information content (AvgIpc) is 3.03. The van der Waals surface area contributed by atoms with E-state index in [0.29, 0.717) is 24.2 Å². The molecule has 7 atom stereocenters. The molecule has 0 spiro atoms. The fraction of sp³-hybridized carbons (Fsp3) is 0.438. The van der Waals surface area contributed by atoms with Gasteiger partial charge >= 0.3 is 11.9 Å². The van der Waals surface area contributed by atoms with Crippen molar-refractivity contribution < 1.29 is 63.5 Å². The van der Waals surface area contributed by atoms with Crippen LogP contribution in [0.3, 0.4) is 0 Å². The number of carbonyl (C=O) groups excluding carboxylic acids is 2. The van der Waals surface area contributed by atoms with E-state index in [0.717, 1.165) is 17.4 Å². The van der Waals surface area contributed by atoms with Crippen molar-refractivity contribution in [3.05, 3.63) is 77.1 Å². The summed E-state index contributed by atoms with van der Waals surface area (Å²) in [6, 6.07) is 12.0. The molecule has 0 aromatic heterocycles. The summed E-state index contributed by atoms with van der Waals surface area (Å²) < 4.78 is 33.9. The van der Waals surface area contributed by atoms with Gasteiger partial charge in [0.25, 0.3) is 0 Å². The Morgan fingerprint density at radius 3 is 2.38 bits per heavy atom. The Bertz CT molecular complexity index is 1420. The first-order valence-electron chi connectivity index (χ1n) is 14.6. The number of carbonyl (C=O) groups is 2. The molecule has 0 unspecified atom stereocenters.